The summed E-state index contributed by atoms with van der Waals surface area (Å²) >= 11 is 0. The molecule has 0 radical (unpaired) electrons. The van der Waals surface area contributed by atoms with Crippen molar-refractivity contribution in [1.82, 2.24) is 0 Å². The van der Waals surface area contributed by atoms with Gasteiger partial charge in [0.25, 0.3) is 0 Å². The molecule has 78 valence electrons. The average Bonchev–Trinajstić information content (AvgIpc) is 2.55. The summed E-state index contributed by atoms with van der Waals surface area (Å²) in [5.74, 6) is 0.854. The van der Waals surface area contributed by atoms with Crippen LogP contribution < -0.4 is 4.18 Å². The summed E-state index contributed by atoms with van der Waals surface area (Å²) in [6.07, 6.45) is 2.86. The van der Waals surface area contributed by atoms with Crippen LogP contribution in [0.15, 0.2) is 10.7 Å². The molecule has 1 aromatic heterocycles. The van der Waals surface area contributed by atoms with Crippen LogP contribution in [0.2, 0.25) is 0 Å². The Kier molecular flexibility index (Phi) is 2.06. The molecule has 0 aromatic carbocycles. The van der Waals surface area contributed by atoms with Crippen LogP contribution in [0.4, 0.5) is 0 Å². The third-order valence-corrected chi connectivity index (χ3v) is 3.88. The highest BCUT2D eigenvalue weighted by molar-refractivity contribution is 7.87. The molecule has 1 aliphatic rings. The fourth-order valence-corrected chi connectivity index (χ4v) is 3.14. The predicted octanol–water partition coefficient (Wildman–Crippen LogP) is 2.15. The van der Waals surface area contributed by atoms with E-state index in [-0.39, 0.29) is 0 Å². The highest BCUT2D eigenvalue weighted by Crippen LogP contribution is 2.44. The Labute approximate surface area is 83.0 Å². The lowest BCUT2D eigenvalue weighted by Crippen LogP contribution is -2.11. The van der Waals surface area contributed by atoms with Crippen LogP contribution in [-0.4, -0.2) is 8.42 Å². The zero-order chi connectivity index (χ0) is 10.3. The Bertz CT molecular complexity index is 443. The molecule has 0 N–H and O–H groups in total. The lowest BCUT2D eigenvalue weighted by Gasteiger charge is -2.04. The first-order chi connectivity index (χ1) is 6.56. The molecule has 0 amide bonds. The minimum atomic E-state index is -3.48. The molecule has 5 heteroatoms. The van der Waals surface area contributed by atoms with Gasteiger partial charge in [-0.25, -0.2) is 0 Å². The zero-order valence-electron chi connectivity index (χ0n) is 8.11. The van der Waals surface area contributed by atoms with Crippen LogP contribution in [0.3, 0.4) is 0 Å². The van der Waals surface area contributed by atoms with Crippen LogP contribution >= 0.6 is 0 Å². The number of furan rings is 1. The number of hydrogen-bond acceptors (Lipinski definition) is 4. The number of fused-ring (bicyclic) bond motifs is 1. The third kappa shape index (κ3) is 1.23. The molecule has 0 bridgehead atoms. The molecule has 0 fully saturated rings. The third-order valence-electron chi connectivity index (χ3n) is 2.34. The standard InChI is InChI=1S/C9H12O4S/c1-3-4-7-9-8(6(2)5-12-9)13-14(7,10)11/h5,7H,3-4H2,1-2H3. The van der Waals surface area contributed by atoms with Crippen LogP contribution in [-0.2, 0) is 10.1 Å². The molecule has 1 atom stereocenters. The van der Waals surface area contributed by atoms with Crippen molar-refractivity contribution in [3.8, 4) is 5.75 Å². The molecule has 2 rings (SSSR count). The van der Waals surface area contributed by atoms with Gasteiger partial charge in [-0.1, -0.05) is 13.3 Å². The highest BCUT2D eigenvalue weighted by atomic mass is 32.2. The zero-order valence-corrected chi connectivity index (χ0v) is 8.93. The Hall–Kier alpha value is -0.970. The Morgan fingerprint density at radius 1 is 1.50 bits per heavy atom. The minimum Gasteiger partial charge on any atom is -0.463 e. The second kappa shape index (κ2) is 3.02. The quantitative estimate of drug-likeness (QED) is 0.711. The van der Waals surface area contributed by atoms with Gasteiger partial charge in [0.05, 0.1) is 6.26 Å². The monoisotopic (exact) mass is 216 g/mol. The first kappa shape index (κ1) is 9.58. The van der Waals surface area contributed by atoms with Crippen molar-refractivity contribution >= 4 is 10.1 Å². The van der Waals surface area contributed by atoms with Gasteiger partial charge in [-0.05, 0) is 13.3 Å². The van der Waals surface area contributed by atoms with Gasteiger partial charge in [0, 0.05) is 5.56 Å². The molecule has 4 nitrogen and oxygen atoms in total. The molecule has 0 saturated heterocycles. The molecule has 1 unspecified atom stereocenters. The van der Waals surface area contributed by atoms with Gasteiger partial charge >= 0.3 is 10.1 Å². The van der Waals surface area contributed by atoms with Gasteiger partial charge in [-0.3, -0.25) is 0 Å². The van der Waals surface area contributed by atoms with Crippen LogP contribution in [0.25, 0.3) is 0 Å². The first-order valence-electron chi connectivity index (χ1n) is 4.57. The van der Waals surface area contributed by atoms with Gasteiger partial charge in [0.15, 0.2) is 16.8 Å². The second-order valence-corrected chi connectivity index (χ2v) is 5.19. The van der Waals surface area contributed by atoms with Crippen molar-refractivity contribution < 1.29 is 17.0 Å². The fraction of sp³-hybridized carbons (Fsp3) is 0.556. The van der Waals surface area contributed by atoms with Crippen LogP contribution in [0, 0.1) is 6.92 Å². The van der Waals surface area contributed by atoms with E-state index in [2.05, 4.69) is 0 Å². The minimum absolute atomic E-state index is 0.392. The molecule has 1 aliphatic heterocycles. The van der Waals surface area contributed by atoms with E-state index >= 15 is 0 Å². The van der Waals surface area contributed by atoms with Gasteiger partial charge in [-0.2, -0.15) is 8.42 Å². The Morgan fingerprint density at radius 2 is 2.21 bits per heavy atom. The second-order valence-electron chi connectivity index (χ2n) is 3.47. The molecular formula is C9H12O4S. The van der Waals surface area contributed by atoms with E-state index in [4.69, 9.17) is 8.60 Å². The van der Waals surface area contributed by atoms with Crippen molar-refractivity contribution in [3.05, 3.63) is 17.6 Å². The summed E-state index contributed by atoms with van der Waals surface area (Å²) in [4.78, 5) is 0. The van der Waals surface area contributed by atoms with Crippen LogP contribution in [0.5, 0.6) is 5.75 Å². The lowest BCUT2D eigenvalue weighted by molar-refractivity contribution is 0.477. The summed E-state index contributed by atoms with van der Waals surface area (Å²) in [6, 6.07) is 0. The van der Waals surface area contributed by atoms with Gasteiger partial charge in [-0.15, -0.1) is 0 Å². The maximum Gasteiger partial charge on any atom is 0.319 e. The van der Waals surface area contributed by atoms with Crippen molar-refractivity contribution in [2.24, 2.45) is 0 Å². The highest BCUT2D eigenvalue weighted by Gasteiger charge is 2.42. The largest absolute Gasteiger partial charge is 0.463 e. The van der Waals surface area contributed by atoms with E-state index in [1.807, 2.05) is 6.92 Å². The number of hydrogen-bond donors (Lipinski definition) is 0. The number of rotatable bonds is 2. The summed E-state index contributed by atoms with van der Waals surface area (Å²) in [5.41, 5.74) is 0.738. The fourth-order valence-electron chi connectivity index (χ4n) is 1.63. The molecule has 0 aliphatic carbocycles. The van der Waals surface area contributed by atoms with E-state index in [1.165, 1.54) is 6.26 Å². The number of aryl methyl sites for hydroxylation is 1. The molecule has 0 saturated carbocycles. The van der Waals surface area contributed by atoms with E-state index in [0.717, 1.165) is 12.0 Å². The van der Waals surface area contributed by atoms with E-state index in [9.17, 15) is 8.42 Å². The topological polar surface area (TPSA) is 56.5 Å². The summed E-state index contributed by atoms with van der Waals surface area (Å²) in [7, 11) is -3.48. The van der Waals surface area contributed by atoms with Crippen molar-refractivity contribution in [2.75, 3.05) is 0 Å². The van der Waals surface area contributed by atoms with Crippen molar-refractivity contribution in [1.29, 1.82) is 0 Å². The normalized spacial score (nSPS) is 23.1. The molecule has 0 spiro atoms. The molecule has 2 heterocycles. The van der Waals surface area contributed by atoms with Crippen molar-refractivity contribution in [2.45, 2.75) is 31.9 Å². The van der Waals surface area contributed by atoms with Gasteiger partial charge in [0.1, 0.15) is 0 Å². The Morgan fingerprint density at radius 3 is 2.86 bits per heavy atom. The summed E-state index contributed by atoms with van der Waals surface area (Å²) in [5, 5.41) is -0.615. The summed E-state index contributed by atoms with van der Waals surface area (Å²) < 4.78 is 33.2. The summed E-state index contributed by atoms with van der Waals surface area (Å²) in [6.45, 7) is 3.70. The van der Waals surface area contributed by atoms with E-state index in [0.29, 0.717) is 17.9 Å². The predicted molar refractivity (Wildman–Crippen MR) is 50.6 cm³/mol. The lowest BCUT2D eigenvalue weighted by atomic mass is 10.2. The van der Waals surface area contributed by atoms with Gasteiger partial charge in [0.2, 0.25) is 0 Å². The Balaban J connectivity index is 2.48. The van der Waals surface area contributed by atoms with E-state index in [1.54, 1.807) is 6.92 Å². The first-order valence-corrected chi connectivity index (χ1v) is 6.04. The smallest absolute Gasteiger partial charge is 0.319 e. The average molecular weight is 216 g/mol. The maximum absolute atomic E-state index is 11.5. The molecular weight excluding hydrogens is 204 g/mol. The SMILES string of the molecule is CCCC1c2occ(C)c2OS1(=O)=O. The maximum atomic E-state index is 11.5. The molecule has 14 heavy (non-hydrogen) atoms. The van der Waals surface area contributed by atoms with Crippen molar-refractivity contribution in [3.63, 3.8) is 0 Å². The van der Waals surface area contributed by atoms with E-state index < -0.39 is 15.4 Å². The van der Waals surface area contributed by atoms with Crippen LogP contribution in [0.1, 0.15) is 36.3 Å². The molecule has 1 aromatic rings. The van der Waals surface area contributed by atoms with Gasteiger partial charge < -0.3 is 8.60 Å².